The quantitative estimate of drug-likeness (QED) is 0.0216. The molecule has 0 saturated carbocycles. The Morgan fingerprint density at radius 3 is 1.49 bits per heavy atom. The molecule has 0 aliphatic rings. The van der Waals surface area contributed by atoms with Crippen LogP contribution in [0.15, 0.2) is 122 Å². The summed E-state index contributed by atoms with van der Waals surface area (Å²) in [5, 5.41) is 9.64. The summed E-state index contributed by atoms with van der Waals surface area (Å²) in [5.41, 5.74) is 0. The monoisotopic (exact) mass is 847 g/mol. The fourth-order valence-corrected chi connectivity index (χ4v) is 5.99. The molecule has 0 aromatic rings. The van der Waals surface area contributed by atoms with Gasteiger partial charge in [0, 0.05) is 19.3 Å². The average molecular weight is 847 g/mol. The zero-order valence-electron chi connectivity index (χ0n) is 38.8. The Kier molecular flexibility index (Phi) is 39.5. The summed E-state index contributed by atoms with van der Waals surface area (Å²) in [6, 6.07) is -0.632. The SMILES string of the molecule is CC/C=C/C=C/C=C/C=C/C=C/C=C/CCCCCC(=O)OCC(COCCC(C(=O)O)[N+](C)(C)C)OC(=O)CCCCCCCCC/C=C/C/C=C/C/C=C/C/C=C/CC. The lowest BCUT2D eigenvalue weighted by Gasteiger charge is -2.31. The van der Waals surface area contributed by atoms with Gasteiger partial charge < -0.3 is 23.8 Å². The van der Waals surface area contributed by atoms with Gasteiger partial charge in [0.25, 0.3) is 0 Å². The summed E-state index contributed by atoms with van der Waals surface area (Å²) < 4.78 is 17.2. The molecule has 0 bridgehead atoms. The van der Waals surface area contributed by atoms with Crippen molar-refractivity contribution >= 4 is 17.9 Å². The molecular weight excluding hydrogens is 763 g/mol. The van der Waals surface area contributed by atoms with E-state index < -0.39 is 18.1 Å². The predicted molar refractivity (Wildman–Crippen MR) is 256 cm³/mol. The number of rotatable bonds is 39. The number of aliphatic carboxylic acids is 1. The molecule has 0 heterocycles. The lowest BCUT2D eigenvalue weighted by atomic mass is 10.1. The van der Waals surface area contributed by atoms with Crippen molar-refractivity contribution in [2.75, 3.05) is 41.0 Å². The highest BCUT2D eigenvalue weighted by molar-refractivity contribution is 5.72. The summed E-state index contributed by atoms with van der Waals surface area (Å²) in [4.78, 5) is 37.1. The number of likely N-dealkylation sites (N-methyl/N-ethyl adjacent to an activating group) is 1. The smallest absolute Gasteiger partial charge is 0.362 e. The second-order valence-corrected chi connectivity index (χ2v) is 16.0. The Balaban J connectivity index is 4.45. The van der Waals surface area contributed by atoms with E-state index in [1.165, 1.54) is 19.3 Å². The zero-order chi connectivity index (χ0) is 44.9. The van der Waals surface area contributed by atoms with Crippen molar-refractivity contribution in [1.82, 2.24) is 0 Å². The number of carboxylic acids is 1. The van der Waals surface area contributed by atoms with Gasteiger partial charge in [-0.05, 0) is 70.6 Å². The molecule has 0 fully saturated rings. The fourth-order valence-electron chi connectivity index (χ4n) is 5.99. The highest BCUT2D eigenvalue weighted by atomic mass is 16.6. The predicted octanol–water partition coefficient (Wildman–Crippen LogP) is 13.0. The first kappa shape index (κ1) is 56.7. The summed E-state index contributed by atoms with van der Waals surface area (Å²) in [6.07, 6.45) is 59.5. The average Bonchev–Trinajstić information content (AvgIpc) is 3.22. The van der Waals surface area contributed by atoms with E-state index in [4.69, 9.17) is 14.2 Å². The molecule has 0 rings (SSSR count). The van der Waals surface area contributed by atoms with Crippen LogP contribution >= 0.6 is 0 Å². The van der Waals surface area contributed by atoms with Crippen LogP contribution < -0.4 is 0 Å². The van der Waals surface area contributed by atoms with Gasteiger partial charge >= 0.3 is 17.9 Å². The molecular formula is C53H84NO7+. The number of unbranched alkanes of at least 4 members (excludes halogenated alkanes) is 10. The summed E-state index contributed by atoms with van der Waals surface area (Å²) >= 11 is 0. The molecule has 0 aromatic carbocycles. The topological polar surface area (TPSA) is 99.1 Å². The first-order chi connectivity index (χ1) is 29.6. The zero-order valence-corrected chi connectivity index (χ0v) is 38.8. The molecule has 0 aromatic heterocycles. The first-order valence-electron chi connectivity index (χ1n) is 23.2. The van der Waals surface area contributed by atoms with E-state index in [9.17, 15) is 19.5 Å². The number of nitrogens with zero attached hydrogens (tertiary/aromatic N) is 1. The number of ether oxygens (including phenoxy) is 3. The number of esters is 2. The van der Waals surface area contributed by atoms with Gasteiger partial charge in [-0.1, -0.05) is 174 Å². The van der Waals surface area contributed by atoms with Crippen LogP contribution in [0.4, 0.5) is 0 Å². The summed E-state index contributed by atoms with van der Waals surface area (Å²) in [6.45, 7) is 4.39. The van der Waals surface area contributed by atoms with Gasteiger partial charge in [0.05, 0.1) is 34.4 Å². The molecule has 0 aliphatic heterocycles. The van der Waals surface area contributed by atoms with E-state index in [0.29, 0.717) is 25.7 Å². The van der Waals surface area contributed by atoms with Crippen LogP contribution in [-0.4, -0.2) is 80.6 Å². The second-order valence-electron chi connectivity index (χ2n) is 16.0. The number of allylic oxidation sites excluding steroid dienone is 20. The molecule has 0 radical (unpaired) electrons. The Morgan fingerprint density at radius 2 is 0.951 bits per heavy atom. The molecule has 0 aliphatic carbocycles. The van der Waals surface area contributed by atoms with Gasteiger partial charge in [-0.3, -0.25) is 9.59 Å². The van der Waals surface area contributed by atoms with Crippen LogP contribution in [-0.2, 0) is 28.6 Å². The summed E-state index contributed by atoms with van der Waals surface area (Å²) in [7, 11) is 5.49. The van der Waals surface area contributed by atoms with Crippen LogP contribution in [0.5, 0.6) is 0 Å². The molecule has 2 unspecified atom stereocenters. The Hall–Kier alpha value is -4.27. The van der Waals surface area contributed by atoms with Crippen molar-refractivity contribution in [3.8, 4) is 0 Å². The third kappa shape index (κ3) is 40.9. The highest BCUT2D eigenvalue weighted by Gasteiger charge is 2.31. The number of carboxylic acid groups (broad SMARTS) is 1. The van der Waals surface area contributed by atoms with Gasteiger partial charge in [0.2, 0.25) is 0 Å². The van der Waals surface area contributed by atoms with Crippen LogP contribution in [0.3, 0.4) is 0 Å². The van der Waals surface area contributed by atoms with Crippen molar-refractivity contribution < 1.29 is 38.2 Å². The third-order valence-electron chi connectivity index (χ3n) is 9.52. The molecule has 2 atom stereocenters. The largest absolute Gasteiger partial charge is 0.477 e. The van der Waals surface area contributed by atoms with Gasteiger partial charge in [-0.2, -0.15) is 0 Å². The lowest BCUT2D eigenvalue weighted by Crippen LogP contribution is -2.50. The van der Waals surface area contributed by atoms with E-state index in [1.807, 2.05) is 81.9 Å². The minimum atomic E-state index is -0.890. The lowest BCUT2D eigenvalue weighted by molar-refractivity contribution is -0.887. The Bertz CT molecular complexity index is 1400. The maximum Gasteiger partial charge on any atom is 0.362 e. The normalized spacial score (nSPS) is 14.0. The van der Waals surface area contributed by atoms with Gasteiger partial charge in [0.1, 0.15) is 6.61 Å². The van der Waals surface area contributed by atoms with Crippen molar-refractivity contribution in [3.63, 3.8) is 0 Å². The van der Waals surface area contributed by atoms with E-state index in [2.05, 4.69) is 74.6 Å². The number of hydrogen-bond donors (Lipinski definition) is 1. The molecule has 342 valence electrons. The van der Waals surface area contributed by atoms with E-state index in [1.54, 1.807) is 0 Å². The molecule has 61 heavy (non-hydrogen) atoms. The Labute approximate surface area is 371 Å². The van der Waals surface area contributed by atoms with Crippen LogP contribution in [0.25, 0.3) is 0 Å². The maximum atomic E-state index is 12.8. The molecule has 8 heteroatoms. The minimum absolute atomic E-state index is 0.0327. The molecule has 0 spiro atoms. The first-order valence-corrected chi connectivity index (χ1v) is 23.2. The minimum Gasteiger partial charge on any atom is -0.477 e. The fraction of sp³-hybridized carbons (Fsp3) is 0.566. The van der Waals surface area contributed by atoms with E-state index in [0.717, 1.165) is 83.5 Å². The van der Waals surface area contributed by atoms with E-state index in [-0.39, 0.29) is 36.2 Å². The van der Waals surface area contributed by atoms with Crippen LogP contribution in [0.2, 0.25) is 0 Å². The molecule has 0 amide bonds. The number of carbonyl (C=O) groups excluding carboxylic acids is 2. The molecule has 0 saturated heterocycles. The van der Waals surface area contributed by atoms with E-state index >= 15 is 0 Å². The number of quaternary nitrogens is 1. The van der Waals surface area contributed by atoms with Crippen molar-refractivity contribution in [2.45, 2.75) is 154 Å². The van der Waals surface area contributed by atoms with Crippen molar-refractivity contribution in [1.29, 1.82) is 0 Å². The van der Waals surface area contributed by atoms with Crippen LogP contribution in [0, 0.1) is 0 Å². The Morgan fingerprint density at radius 1 is 0.508 bits per heavy atom. The van der Waals surface area contributed by atoms with Gasteiger partial charge in [0.15, 0.2) is 12.1 Å². The number of carbonyl (C=O) groups is 3. The van der Waals surface area contributed by atoms with Crippen molar-refractivity contribution in [2.24, 2.45) is 0 Å². The highest BCUT2D eigenvalue weighted by Crippen LogP contribution is 2.13. The molecule has 8 nitrogen and oxygen atoms in total. The summed E-state index contributed by atoms with van der Waals surface area (Å²) in [5.74, 6) is -1.56. The molecule has 1 N–H and O–H groups in total. The van der Waals surface area contributed by atoms with Crippen molar-refractivity contribution in [3.05, 3.63) is 122 Å². The second kappa shape index (κ2) is 42.4. The third-order valence-corrected chi connectivity index (χ3v) is 9.52. The standard InChI is InChI=1S/C53H83NO7/c1-6-8-10-12-14-16-18-20-22-24-25-26-28-30-32-34-36-38-40-42-44-52(56)61-49(47-59-46-45-50(53(57)58)54(3,4)5)48-60-51(55)43-41-39-37-35-33-31-29-27-23-21-19-17-15-13-11-9-7-2/h8-11,13-17,19-23,25-27,29,31,33,49-50H,6-7,12,18,24,28,30,32,34-48H2,1-5H3/p+1/b10-8+,11-9+,15-13+,16-14+,19-17+,22-20+,23-21+,26-25+,29-27+,33-31+. The number of hydrogen-bond acceptors (Lipinski definition) is 6. The van der Waals surface area contributed by atoms with Gasteiger partial charge in [-0.25, -0.2) is 4.79 Å². The maximum absolute atomic E-state index is 12.8. The van der Waals surface area contributed by atoms with Gasteiger partial charge in [-0.15, -0.1) is 0 Å². The van der Waals surface area contributed by atoms with Crippen LogP contribution in [0.1, 0.15) is 142 Å².